The zero-order valence-corrected chi connectivity index (χ0v) is 15.3. The molecule has 1 aliphatic heterocycles. The summed E-state index contributed by atoms with van der Waals surface area (Å²) in [6.07, 6.45) is 1.59. The second kappa shape index (κ2) is 7.06. The minimum Gasteiger partial charge on any atom is -0.462 e. The van der Waals surface area contributed by atoms with Gasteiger partial charge in [0.1, 0.15) is 0 Å². The van der Waals surface area contributed by atoms with Crippen LogP contribution in [0.3, 0.4) is 0 Å². The van der Waals surface area contributed by atoms with Crippen LogP contribution in [0.15, 0.2) is 47.4 Å². The Morgan fingerprint density at radius 3 is 2.76 bits per heavy atom. The quantitative estimate of drug-likeness (QED) is 0.760. The summed E-state index contributed by atoms with van der Waals surface area (Å²) in [5.74, 6) is -0.636. The van der Waals surface area contributed by atoms with Crippen LogP contribution >= 0.6 is 11.6 Å². The van der Waals surface area contributed by atoms with Gasteiger partial charge >= 0.3 is 5.97 Å². The molecule has 0 radical (unpaired) electrons. The molecular formula is C18H18ClNO4S. The van der Waals surface area contributed by atoms with Crippen molar-refractivity contribution in [2.24, 2.45) is 0 Å². The summed E-state index contributed by atoms with van der Waals surface area (Å²) in [4.78, 5) is 12.0. The molecule has 5 nitrogen and oxygen atoms in total. The number of sulfonamides is 1. The third-order valence-electron chi connectivity index (χ3n) is 4.09. The molecule has 0 aliphatic carbocycles. The summed E-state index contributed by atoms with van der Waals surface area (Å²) < 4.78 is 32.6. The maximum Gasteiger partial charge on any atom is 0.339 e. The van der Waals surface area contributed by atoms with E-state index >= 15 is 0 Å². The van der Waals surface area contributed by atoms with Crippen molar-refractivity contribution in [3.63, 3.8) is 0 Å². The summed E-state index contributed by atoms with van der Waals surface area (Å²) >= 11 is 6.03. The van der Waals surface area contributed by atoms with E-state index in [0.29, 0.717) is 12.2 Å². The molecule has 3 rings (SSSR count). The molecule has 0 aromatic heterocycles. The maximum atomic E-state index is 13.1. The Labute approximate surface area is 152 Å². The first-order valence-corrected chi connectivity index (χ1v) is 9.84. The average Bonchev–Trinajstić information content (AvgIpc) is 2.61. The van der Waals surface area contributed by atoms with E-state index in [4.69, 9.17) is 16.3 Å². The highest BCUT2D eigenvalue weighted by molar-refractivity contribution is 7.92. The van der Waals surface area contributed by atoms with Crippen LogP contribution in [0.4, 0.5) is 5.69 Å². The molecule has 0 saturated heterocycles. The molecule has 0 amide bonds. The van der Waals surface area contributed by atoms with Crippen LogP contribution < -0.4 is 4.31 Å². The Morgan fingerprint density at radius 1 is 1.24 bits per heavy atom. The summed E-state index contributed by atoms with van der Waals surface area (Å²) in [7, 11) is -3.80. The van der Waals surface area contributed by atoms with Crippen molar-refractivity contribution in [3.05, 3.63) is 58.6 Å². The minimum absolute atomic E-state index is 0.0247. The van der Waals surface area contributed by atoms with Crippen molar-refractivity contribution < 1.29 is 17.9 Å². The lowest BCUT2D eigenvalue weighted by atomic mass is 10.0. The number of carbonyl (C=O) groups excluding carboxylic acids is 1. The van der Waals surface area contributed by atoms with Crippen molar-refractivity contribution in [1.29, 1.82) is 0 Å². The number of carbonyl (C=O) groups is 1. The lowest BCUT2D eigenvalue weighted by molar-refractivity contribution is 0.0526. The second-order valence-corrected chi connectivity index (χ2v) is 7.94. The molecule has 1 heterocycles. The summed E-state index contributed by atoms with van der Waals surface area (Å²) in [6, 6.07) is 11.6. The number of rotatable bonds is 4. The van der Waals surface area contributed by atoms with Crippen LogP contribution in [0, 0.1) is 0 Å². The number of para-hydroxylation sites is 1. The molecule has 1 aliphatic rings. The Balaban J connectivity index is 2.05. The Morgan fingerprint density at radius 2 is 2.00 bits per heavy atom. The fourth-order valence-corrected chi connectivity index (χ4v) is 4.67. The van der Waals surface area contributed by atoms with E-state index in [1.807, 2.05) is 18.2 Å². The van der Waals surface area contributed by atoms with Gasteiger partial charge in [0.25, 0.3) is 10.0 Å². The van der Waals surface area contributed by atoms with Gasteiger partial charge in [-0.15, -0.1) is 0 Å². The first-order valence-electron chi connectivity index (χ1n) is 8.02. The fourth-order valence-electron chi connectivity index (χ4n) is 2.91. The highest BCUT2D eigenvalue weighted by Gasteiger charge is 2.30. The van der Waals surface area contributed by atoms with Gasteiger partial charge in [0, 0.05) is 6.54 Å². The molecule has 25 heavy (non-hydrogen) atoms. The number of anilines is 1. The Bertz CT molecular complexity index is 911. The van der Waals surface area contributed by atoms with E-state index in [1.165, 1.54) is 22.5 Å². The summed E-state index contributed by atoms with van der Waals surface area (Å²) in [5, 5.41) is 0.163. The number of nitrogens with zero attached hydrogens (tertiary/aromatic N) is 1. The van der Waals surface area contributed by atoms with Crippen molar-refractivity contribution in [1.82, 2.24) is 0 Å². The van der Waals surface area contributed by atoms with E-state index in [9.17, 15) is 13.2 Å². The number of fused-ring (bicyclic) bond motifs is 1. The third kappa shape index (κ3) is 3.37. The Hall–Kier alpha value is -2.05. The second-order valence-electron chi connectivity index (χ2n) is 5.67. The topological polar surface area (TPSA) is 63.7 Å². The highest BCUT2D eigenvalue weighted by atomic mass is 35.5. The molecule has 7 heteroatoms. The van der Waals surface area contributed by atoms with Crippen molar-refractivity contribution >= 4 is 33.3 Å². The van der Waals surface area contributed by atoms with Gasteiger partial charge in [0.15, 0.2) is 0 Å². The molecule has 2 aromatic carbocycles. The SMILES string of the molecule is CCOC(=O)c1cc(S(=O)(=O)N2CCCc3ccccc32)ccc1Cl. The molecule has 0 atom stereocenters. The van der Waals surface area contributed by atoms with Crippen LogP contribution in [0.2, 0.25) is 5.02 Å². The van der Waals surface area contributed by atoms with Gasteiger partial charge in [-0.1, -0.05) is 29.8 Å². The smallest absolute Gasteiger partial charge is 0.339 e. The number of halogens is 1. The zero-order valence-electron chi connectivity index (χ0n) is 13.7. The first-order chi connectivity index (χ1) is 11.9. The monoisotopic (exact) mass is 379 g/mol. The predicted octanol–water partition coefficient (Wildman–Crippen LogP) is 3.66. The lowest BCUT2D eigenvalue weighted by Gasteiger charge is -2.30. The van der Waals surface area contributed by atoms with Gasteiger partial charge in [-0.2, -0.15) is 0 Å². The fraction of sp³-hybridized carbons (Fsp3) is 0.278. The van der Waals surface area contributed by atoms with Gasteiger partial charge in [-0.05, 0) is 49.6 Å². The van der Waals surface area contributed by atoms with Gasteiger partial charge in [-0.3, -0.25) is 4.31 Å². The first kappa shape index (κ1) is 17.8. The normalized spacial score (nSPS) is 14.1. The van der Waals surface area contributed by atoms with E-state index in [1.54, 1.807) is 13.0 Å². The van der Waals surface area contributed by atoms with Crippen molar-refractivity contribution in [2.45, 2.75) is 24.7 Å². The van der Waals surface area contributed by atoms with Crippen LogP contribution in [0.5, 0.6) is 0 Å². The minimum atomic E-state index is -3.80. The largest absolute Gasteiger partial charge is 0.462 e. The average molecular weight is 380 g/mol. The van der Waals surface area contributed by atoms with Crippen molar-refractivity contribution in [3.8, 4) is 0 Å². The lowest BCUT2D eigenvalue weighted by Crippen LogP contribution is -2.35. The number of esters is 1. The zero-order chi connectivity index (χ0) is 18.0. The molecule has 0 fully saturated rings. The van der Waals surface area contributed by atoms with Crippen LogP contribution in [0.25, 0.3) is 0 Å². The van der Waals surface area contributed by atoms with Crippen molar-refractivity contribution in [2.75, 3.05) is 17.5 Å². The number of hydrogen-bond acceptors (Lipinski definition) is 4. The van der Waals surface area contributed by atoms with Crippen LogP contribution in [-0.4, -0.2) is 27.5 Å². The molecule has 2 aromatic rings. The third-order valence-corrected chi connectivity index (χ3v) is 6.23. The van der Waals surface area contributed by atoms with E-state index in [0.717, 1.165) is 18.4 Å². The molecular weight excluding hydrogens is 362 g/mol. The standard InChI is InChI=1S/C18H18ClNO4S/c1-2-24-18(21)15-12-14(9-10-16(15)19)25(22,23)20-11-5-7-13-6-3-4-8-17(13)20/h3-4,6,8-10,12H,2,5,7,11H2,1H3. The molecule has 0 bridgehead atoms. The van der Waals surface area contributed by atoms with Gasteiger partial charge in [-0.25, -0.2) is 13.2 Å². The number of hydrogen-bond donors (Lipinski definition) is 0. The number of benzene rings is 2. The number of ether oxygens (including phenoxy) is 1. The summed E-state index contributed by atoms with van der Waals surface area (Å²) in [6.45, 7) is 2.26. The van der Waals surface area contributed by atoms with Gasteiger partial charge in [0.05, 0.1) is 27.8 Å². The van der Waals surface area contributed by atoms with Crippen LogP contribution in [-0.2, 0) is 21.2 Å². The van der Waals surface area contributed by atoms with E-state index < -0.39 is 16.0 Å². The van der Waals surface area contributed by atoms with Gasteiger partial charge in [0.2, 0.25) is 0 Å². The maximum absolute atomic E-state index is 13.1. The summed E-state index contributed by atoms with van der Waals surface area (Å²) in [5.41, 5.74) is 1.73. The molecule has 0 spiro atoms. The molecule has 0 unspecified atom stereocenters. The molecule has 0 saturated carbocycles. The predicted molar refractivity (Wildman–Crippen MR) is 96.7 cm³/mol. The highest BCUT2D eigenvalue weighted by Crippen LogP contribution is 2.32. The number of aryl methyl sites for hydroxylation is 1. The Kier molecular flexibility index (Phi) is 5.01. The van der Waals surface area contributed by atoms with E-state index in [2.05, 4.69) is 0 Å². The van der Waals surface area contributed by atoms with E-state index in [-0.39, 0.29) is 22.1 Å². The molecule has 0 N–H and O–H groups in total. The van der Waals surface area contributed by atoms with Gasteiger partial charge < -0.3 is 4.74 Å². The molecule has 132 valence electrons. The van der Waals surface area contributed by atoms with Crippen LogP contribution in [0.1, 0.15) is 29.3 Å².